The van der Waals surface area contributed by atoms with Crippen LogP contribution in [0.1, 0.15) is 23.4 Å². The van der Waals surface area contributed by atoms with E-state index < -0.39 is 0 Å². The van der Waals surface area contributed by atoms with Crippen molar-refractivity contribution in [3.05, 3.63) is 41.2 Å². The molecule has 3 aromatic rings. The highest BCUT2D eigenvalue weighted by Gasteiger charge is 2.14. The molecule has 2 heterocycles. The van der Waals surface area contributed by atoms with Gasteiger partial charge in [0.15, 0.2) is 5.65 Å². The summed E-state index contributed by atoms with van der Waals surface area (Å²) in [5.74, 6) is 0.0412. The Kier molecular flexibility index (Phi) is 3.33. The summed E-state index contributed by atoms with van der Waals surface area (Å²) in [5.41, 5.74) is 4.94. The number of carbonyl (C=O) groups is 1. The summed E-state index contributed by atoms with van der Waals surface area (Å²) < 4.78 is 1.89. The molecule has 0 radical (unpaired) electrons. The van der Waals surface area contributed by atoms with Crippen LogP contribution in [0.3, 0.4) is 0 Å². The predicted octanol–water partition coefficient (Wildman–Crippen LogP) is 2.18. The smallest absolute Gasteiger partial charge is 0.220 e. The highest BCUT2D eigenvalue weighted by Crippen LogP contribution is 2.22. The molecule has 0 bridgehead atoms. The molecule has 1 N–H and O–H groups in total. The Morgan fingerprint density at radius 2 is 2.05 bits per heavy atom. The molecular formula is C16H18N4O. The lowest BCUT2D eigenvalue weighted by Gasteiger charge is -2.10. The van der Waals surface area contributed by atoms with Gasteiger partial charge in [-0.05, 0) is 38.0 Å². The molecule has 1 aromatic carbocycles. The lowest BCUT2D eigenvalue weighted by atomic mass is 10.1. The predicted molar refractivity (Wildman–Crippen MR) is 82.4 cm³/mol. The maximum atomic E-state index is 11.5. The van der Waals surface area contributed by atoms with Crippen LogP contribution in [-0.2, 0) is 11.2 Å². The van der Waals surface area contributed by atoms with Crippen molar-refractivity contribution < 1.29 is 4.79 Å². The molecule has 0 aliphatic rings. The number of amides is 1. The largest absolute Gasteiger partial charge is 0.359 e. The van der Waals surface area contributed by atoms with E-state index >= 15 is 0 Å². The summed E-state index contributed by atoms with van der Waals surface area (Å²) >= 11 is 0. The third kappa shape index (κ3) is 2.24. The van der Waals surface area contributed by atoms with Crippen molar-refractivity contribution in [3.8, 4) is 0 Å². The minimum absolute atomic E-state index is 0.0412. The second-order valence-corrected chi connectivity index (χ2v) is 5.19. The van der Waals surface area contributed by atoms with E-state index in [4.69, 9.17) is 4.98 Å². The molecule has 2 aromatic heterocycles. The van der Waals surface area contributed by atoms with Crippen LogP contribution in [0, 0.1) is 13.8 Å². The number of hydrogen-bond acceptors (Lipinski definition) is 3. The van der Waals surface area contributed by atoms with Crippen LogP contribution in [0.2, 0.25) is 0 Å². The zero-order valence-corrected chi connectivity index (χ0v) is 12.5. The van der Waals surface area contributed by atoms with Gasteiger partial charge in [0.1, 0.15) is 0 Å². The van der Waals surface area contributed by atoms with Crippen molar-refractivity contribution in [1.29, 1.82) is 0 Å². The zero-order valence-electron chi connectivity index (χ0n) is 12.5. The van der Waals surface area contributed by atoms with E-state index in [1.165, 1.54) is 0 Å². The standard InChI is InChI=1S/C16H18N4O/c1-10-12(8-9-15(21)17-3)11(2)20-16(18-10)13-6-4-5-7-14(13)19-20/h4-7H,8-9H2,1-3H3,(H,17,21). The lowest BCUT2D eigenvalue weighted by Crippen LogP contribution is -2.19. The van der Waals surface area contributed by atoms with Gasteiger partial charge in [0.25, 0.3) is 0 Å². The van der Waals surface area contributed by atoms with E-state index in [1.807, 2.05) is 42.6 Å². The van der Waals surface area contributed by atoms with Crippen molar-refractivity contribution in [2.24, 2.45) is 0 Å². The maximum Gasteiger partial charge on any atom is 0.220 e. The van der Waals surface area contributed by atoms with Gasteiger partial charge < -0.3 is 5.32 Å². The molecule has 0 spiro atoms. The Bertz CT molecular complexity index is 835. The molecule has 3 rings (SSSR count). The summed E-state index contributed by atoms with van der Waals surface area (Å²) in [6.45, 7) is 4.03. The van der Waals surface area contributed by atoms with Crippen LogP contribution in [0.5, 0.6) is 0 Å². The van der Waals surface area contributed by atoms with Crippen LogP contribution >= 0.6 is 0 Å². The van der Waals surface area contributed by atoms with Crippen molar-refractivity contribution in [1.82, 2.24) is 19.9 Å². The first-order valence-electron chi connectivity index (χ1n) is 7.06. The number of rotatable bonds is 3. The Balaban J connectivity index is 2.14. The van der Waals surface area contributed by atoms with Crippen molar-refractivity contribution in [3.63, 3.8) is 0 Å². The van der Waals surface area contributed by atoms with E-state index in [0.29, 0.717) is 12.8 Å². The summed E-state index contributed by atoms with van der Waals surface area (Å²) in [4.78, 5) is 16.2. The number of hydrogen-bond donors (Lipinski definition) is 1. The van der Waals surface area contributed by atoms with Gasteiger partial charge in [-0.25, -0.2) is 9.50 Å². The molecule has 108 valence electrons. The summed E-state index contributed by atoms with van der Waals surface area (Å²) in [7, 11) is 1.66. The first-order chi connectivity index (χ1) is 10.1. The van der Waals surface area contributed by atoms with Crippen LogP contribution < -0.4 is 5.32 Å². The molecule has 0 aliphatic heterocycles. The second kappa shape index (κ2) is 5.16. The average Bonchev–Trinajstić information content (AvgIpc) is 2.86. The van der Waals surface area contributed by atoms with E-state index in [2.05, 4.69) is 10.4 Å². The molecule has 5 heteroatoms. The molecule has 0 aliphatic carbocycles. The average molecular weight is 282 g/mol. The molecule has 0 unspecified atom stereocenters. The summed E-state index contributed by atoms with van der Waals surface area (Å²) in [5, 5.41) is 8.33. The highest BCUT2D eigenvalue weighted by atomic mass is 16.1. The fraction of sp³-hybridized carbons (Fsp3) is 0.312. The molecule has 0 fully saturated rings. The molecule has 5 nitrogen and oxygen atoms in total. The third-order valence-electron chi connectivity index (χ3n) is 3.90. The number of nitrogens with one attached hydrogen (secondary N) is 1. The first kappa shape index (κ1) is 13.5. The SMILES string of the molecule is CNC(=O)CCc1c(C)nc2c3ccccc3nn2c1C. The Morgan fingerprint density at radius 1 is 1.29 bits per heavy atom. The van der Waals surface area contributed by atoms with Gasteiger partial charge in [-0.3, -0.25) is 4.79 Å². The Hall–Kier alpha value is -2.43. The van der Waals surface area contributed by atoms with Crippen molar-refractivity contribution in [2.45, 2.75) is 26.7 Å². The van der Waals surface area contributed by atoms with E-state index in [0.717, 1.165) is 33.5 Å². The first-order valence-corrected chi connectivity index (χ1v) is 7.06. The molecule has 21 heavy (non-hydrogen) atoms. The van der Waals surface area contributed by atoms with Gasteiger partial charge in [-0.1, -0.05) is 12.1 Å². The molecule has 0 atom stereocenters. The van der Waals surface area contributed by atoms with E-state index in [-0.39, 0.29) is 5.91 Å². The number of benzene rings is 1. The van der Waals surface area contributed by atoms with Crippen LogP contribution in [0.15, 0.2) is 24.3 Å². The van der Waals surface area contributed by atoms with Crippen molar-refractivity contribution in [2.75, 3.05) is 7.05 Å². The van der Waals surface area contributed by atoms with Gasteiger partial charge >= 0.3 is 0 Å². The third-order valence-corrected chi connectivity index (χ3v) is 3.90. The molecule has 1 amide bonds. The number of nitrogens with zero attached hydrogens (tertiary/aromatic N) is 3. The molecule has 0 saturated carbocycles. The molecular weight excluding hydrogens is 264 g/mol. The van der Waals surface area contributed by atoms with Gasteiger partial charge in [-0.15, -0.1) is 0 Å². The lowest BCUT2D eigenvalue weighted by molar-refractivity contribution is -0.120. The number of aromatic nitrogens is 3. The van der Waals surface area contributed by atoms with Gasteiger partial charge in [-0.2, -0.15) is 5.10 Å². The van der Waals surface area contributed by atoms with E-state index in [9.17, 15) is 4.79 Å². The van der Waals surface area contributed by atoms with Gasteiger partial charge in [0, 0.05) is 30.2 Å². The van der Waals surface area contributed by atoms with Crippen LogP contribution in [0.4, 0.5) is 0 Å². The quantitative estimate of drug-likeness (QED) is 0.801. The summed E-state index contributed by atoms with van der Waals surface area (Å²) in [6.07, 6.45) is 1.14. The van der Waals surface area contributed by atoms with Gasteiger partial charge in [0.2, 0.25) is 5.91 Å². The summed E-state index contributed by atoms with van der Waals surface area (Å²) in [6, 6.07) is 8.00. The highest BCUT2D eigenvalue weighted by molar-refractivity contribution is 5.92. The normalized spacial score (nSPS) is 11.2. The van der Waals surface area contributed by atoms with Crippen LogP contribution in [0.25, 0.3) is 16.6 Å². The topological polar surface area (TPSA) is 59.3 Å². The minimum Gasteiger partial charge on any atom is -0.359 e. The second-order valence-electron chi connectivity index (χ2n) is 5.19. The van der Waals surface area contributed by atoms with Crippen LogP contribution in [-0.4, -0.2) is 27.6 Å². The zero-order chi connectivity index (χ0) is 15.0. The molecule has 0 saturated heterocycles. The maximum absolute atomic E-state index is 11.5. The van der Waals surface area contributed by atoms with E-state index in [1.54, 1.807) is 7.05 Å². The van der Waals surface area contributed by atoms with Crippen molar-refractivity contribution >= 4 is 22.5 Å². The van der Waals surface area contributed by atoms with Gasteiger partial charge in [0.05, 0.1) is 5.52 Å². The fourth-order valence-corrected chi connectivity index (χ4v) is 2.70. The Labute approximate surface area is 123 Å². The Morgan fingerprint density at radius 3 is 2.81 bits per heavy atom. The monoisotopic (exact) mass is 282 g/mol. The number of fused-ring (bicyclic) bond motifs is 3. The number of aryl methyl sites for hydroxylation is 2. The fourth-order valence-electron chi connectivity index (χ4n) is 2.70. The number of carbonyl (C=O) groups excluding carboxylic acids is 1. The minimum atomic E-state index is 0.0412.